The van der Waals surface area contributed by atoms with Gasteiger partial charge in [0.25, 0.3) is 0 Å². The van der Waals surface area contributed by atoms with E-state index in [2.05, 4.69) is 4.74 Å². The molecular formula is C21H20F3NO3S. The second-order valence-corrected chi connectivity index (χ2v) is 9.26. The van der Waals surface area contributed by atoms with Crippen LogP contribution in [0.4, 0.5) is 13.2 Å². The van der Waals surface area contributed by atoms with E-state index in [0.717, 1.165) is 51.1 Å². The van der Waals surface area contributed by atoms with Crippen molar-refractivity contribution in [3.05, 3.63) is 59.2 Å². The Bertz CT molecular complexity index is 1050. The molecule has 2 aromatic carbocycles. The van der Waals surface area contributed by atoms with Gasteiger partial charge >= 0.3 is 6.18 Å². The third-order valence-corrected chi connectivity index (χ3v) is 7.22. The van der Waals surface area contributed by atoms with Gasteiger partial charge in [-0.25, -0.2) is 8.42 Å². The van der Waals surface area contributed by atoms with Gasteiger partial charge in [-0.05, 0) is 73.6 Å². The van der Waals surface area contributed by atoms with E-state index in [9.17, 15) is 21.6 Å². The van der Waals surface area contributed by atoms with Crippen LogP contribution in [0.1, 0.15) is 36.5 Å². The molecule has 0 unspecified atom stereocenters. The number of hydrogen-bond donors (Lipinski definition) is 0. The summed E-state index contributed by atoms with van der Waals surface area (Å²) in [5.41, 5.74) is -1.80. The normalized spacial score (nSPS) is 16.8. The van der Waals surface area contributed by atoms with E-state index in [1.807, 2.05) is 6.07 Å². The van der Waals surface area contributed by atoms with Crippen molar-refractivity contribution < 1.29 is 26.3 Å². The fraction of sp³-hybridized carbons (Fsp3) is 0.381. The molecule has 0 amide bonds. The molecule has 1 fully saturated rings. The molecular weight excluding hydrogens is 403 g/mol. The van der Waals surface area contributed by atoms with Crippen LogP contribution in [0, 0.1) is 17.2 Å². The molecule has 0 radical (unpaired) electrons. The zero-order valence-corrected chi connectivity index (χ0v) is 16.8. The maximum absolute atomic E-state index is 13.4. The summed E-state index contributed by atoms with van der Waals surface area (Å²) in [6, 6.07) is 11.0. The van der Waals surface area contributed by atoms with Crippen molar-refractivity contribution in [2.75, 3.05) is 7.11 Å². The van der Waals surface area contributed by atoms with Gasteiger partial charge in [0.15, 0.2) is 5.60 Å². The molecule has 0 aromatic heterocycles. The molecule has 1 aliphatic carbocycles. The van der Waals surface area contributed by atoms with Crippen molar-refractivity contribution in [2.45, 2.75) is 47.8 Å². The molecule has 0 spiro atoms. The predicted molar refractivity (Wildman–Crippen MR) is 99.9 cm³/mol. The van der Waals surface area contributed by atoms with Crippen LogP contribution in [0.2, 0.25) is 0 Å². The molecule has 29 heavy (non-hydrogen) atoms. The number of nitrogens with zero attached hydrogens (tertiary/aromatic N) is 1. The lowest BCUT2D eigenvalue weighted by molar-refractivity contribution is -0.269. The van der Waals surface area contributed by atoms with Crippen LogP contribution >= 0.6 is 0 Å². The van der Waals surface area contributed by atoms with Crippen LogP contribution in [0.15, 0.2) is 52.3 Å². The Labute approximate surface area is 167 Å². The van der Waals surface area contributed by atoms with Gasteiger partial charge in [-0.2, -0.15) is 18.4 Å². The van der Waals surface area contributed by atoms with Gasteiger partial charge in [0.2, 0.25) is 9.84 Å². The number of halogens is 3. The monoisotopic (exact) mass is 423 g/mol. The molecule has 3 rings (SSSR count). The Kier molecular flexibility index (Phi) is 5.50. The molecule has 0 bridgehead atoms. The van der Waals surface area contributed by atoms with E-state index >= 15 is 0 Å². The smallest absolute Gasteiger partial charge is 0.364 e. The molecule has 2 aromatic rings. The zero-order chi connectivity index (χ0) is 21.4. The van der Waals surface area contributed by atoms with Crippen molar-refractivity contribution in [3.8, 4) is 6.07 Å². The highest BCUT2D eigenvalue weighted by molar-refractivity contribution is 7.91. The first-order chi connectivity index (χ1) is 13.5. The highest BCUT2D eigenvalue weighted by Crippen LogP contribution is 2.42. The number of nitriles is 1. The molecule has 1 aliphatic rings. The fourth-order valence-corrected chi connectivity index (χ4v) is 4.66. The summed E-state index contributed by atoms with van der Waals surface area (Å²) in [5, 5.41) is 9.12. The number of ether oxygens (including phenoxy) is 1. The Morgan fingerprint density at radius 3 is 2.24 bits per heavy atom. The van der Waals surface area contributed by atoms with Crippen LogP contribution in [0.25, 0.3) is 0 Å². The molecule has 154 valence electrons. The summed E-state index contributed by atoms with van der Waals surface area (Å²) in [7, 11) is -2.99. The van der Waals surface area contributed by atoms with Crippen LogP contribution < -0.4 is 0 Å². The maximum Gasteiger partial charge on any atom is 0.421 e. The number of sulfone groups is 1. The van der Waals surface area contributed by atoms with E-state index in [0.29, 0.717) is 23.5 Å². The first kappa shape index (κ1) is 21.3. The highest BCUT2D eigenvalue weighted by atomic mass is 32.2. The Morgan fingerprint density at radius 1 is 1.14 bits per heavy atom. The van der Waals surface area contributed by atoms with Crippen LogP contribution in [0.3, 0.4) is 0 Å². The van der Waals surface area contributed by atoms with Crippen molar-refractivity contribution >= 4 is 9.84 Å². The minimum absolute atomic E-state index is 0.0847. The minimum Gasteiger partial charge on any atom is -0.364 e. The van der Waals surface area contributed by atoms with Gasteiger partial charge in [-0.3, -0.25) is 0 Å². The quantitative estimate of drug-likeness (QED) is 0.671. The molecule has 4 nitrogen and oxygen atoms in total. The molecule has 0 aliphatic heterocycles. The van der Waals surface area contributed by atoms with Gasteiger partial charge in [0.05, 0.1) is 21.4 Å². The van der Waals surface area contributed by atoms with Crippen molar-refractivity contribution in [2.24, 2.45) is 5.92 Å². The van der Waals surface area contributed by atoms with E-state index in [4.69, 9.17) is 5.26 Å². The molecule has 0 heterocycles. The summed E-state index contributed by atoms with van der Waals surface area (Å²) in [5.74, 6) is 0.398. The standard InChI is InChI=1S/C21H20F3NO3S/c1-20(28-2,21(22,23)24)17-6-8-18(9-7-17)29(26,27)19-10-5-15(13-25)12-16(19)11-14-3-4-14/h5-10,12,14H,3-4,11H2,1-2H3/t20-/m0/s1. The third-order valence-electron chi connectivity index (χ3n) is 5.35. The van der Waals surface area contributed by atoms with Crippen molar-refractivity contribution in [3.63, 3.8) is 0 Å². The lowest BCUT2D eigenvalue weighted by Gasteiger charge is -2.31. The topological polar surface area (TPSA) is 67.2 Å². The third kappa shape index (κ3) is 4.02. The first-order valence-corrected chi connectivity index (χ1v) is 10.5. The van der Waals surface area contributed by atoms with Crippen molar-refractivity contribution in [1.82, 2.24) is 0 Å². The fourth-order valence-electron chi connectivity index (χ4n) is 3.18. The summed E-state index contributed by atoms with van der Waals surface area (Å²) in [6.45, 7) is 0.894. The van der Waals surface area contributed by atoms with Gasteiger partial charge in [-0.1, -0.05) is 12.1 Å². The minimum atomic E-state index is -4.66. The summed E-state index contributed by atoms with van der Waals surface area (Å²) in [6.07, 6.45) is -2.08. The highest BCUT2D eigenvalue weighted by Gasteiger charge is 2.53. The van der Waals surface area contributed by atoms with E-state index in [1.54, 1.807) is 6.07 Å². The Hall–Kier alpha value is -2.37. The second-order valence-electron chi connectivity index (χ2n) is 7.34. The largest absolute Gasteiger partial charge is 0.421 e. The number of benzene rings is 2. The molecule has 0 saturated heterocycles. The lowest BCUT2D eigenvalue weighted by atomic mass is 9.95. The Balaban J connectivity index is 2.02. The number of rotatable bonds is 6. The van der Waals surface area contributed by atoms with Crippen LogP contribution in [-0.2, 0) is 26.6 Å². The van der Waals surface area contributed by atoms with Gasteiger partial charge in [-0.15, -0.1) is 0 Å². The van der Waals surface area contributed by atoms with E-state index in [-0.39, 0.29) is 15.4 Å². The lowest BCUT2D eigenvalue weighted by Crippen LogP contribution is -2.41. The molecule has 0 N–H and O–H groups in total. The van der Waals surface area contributed by atoms with Crippen LogP contribution in [-0.4, -0.2) is 21.7 Å². The average Bonchev–Trinajstić information content (AvgIpc) is 3.50. The molecule has 1 saturated carbocycles. The van der Waals surface area contributed by atoms with Crippen molar-refractivity contribution in [1.29, 1.82) is 5.26 Å². The Morgan fingerprint density at radius 2 is 1.76 bits per heavy atom. The number of methoxy groups -OCH3 is 1. The average molecular weight is 423 g/mol. The van der Waals surface area contributed by atoms with E-state index < -0.39 is 21.6 Å². The van der Waals surface area contributed by atoms with Gasteiger partial charge < -0.3 is 4.74 Å². The van der Waals surface area contributed by atoms with E-state index in [1.165, 1.54) is 12.1 Å². The summed E-state index contributed by atoms with van der Waals surface area (Å²) < 4.78 is 71.1. The SMILES string of the molecule is CO[C@@](C)(c1ccc(S(=O)(=O)c2ccc(C#N)cc2CC2CC2)cc1)C(F)(F)F. The van der Waals surface area contributed by atoms with Gasteiger partial charge in [0, 0.05) is 7.11 Å². The zero-order valence-electron chi connectivity index (χ0n) is 16.0. The number of hydrogen-bond acceptors (Lipinski definition) is 4. The van der Waals surface area contributed by atoms with Crippen LogP contribution in [0.5, 0.6) is 0 Å². The molecule has 1 atom stereocenters. The van der Waals surface area contributed by atoms with Gasteiger partial charge in [0.1, 0.15) is 0 Å². The number of alkyl halides is 3. The second kappa shape index (κ2) is 7.47. The maximum atomic E-state index is 13.4. The predicted octanol–water partition coefficient (Wildman–Crippen LogP) is 4.77. The summed E-state index contributed by atoms with van der Waals surface area (Å²) >= 11 is 0. The first-order valence-electron chi connectivity index (χ1n) is 9.03. The summed E-state index contributed by atoms with van der Waals surface area (Å²) in [4.78, 5) is -0.0230. The molecule has 8 heteroatoms.